The van der Waals surface area contributed by atoms with Crippen molar-refractivity contribution in [3.8, 4) is 0 Å². The molecule has 1 atom stereocenters. The molecule has 0 spiro atoms. The number of nitrogens with zero attached hydrogens (tertiary/aromatic N) is 2. The van der Waals surface area contributed by atoms with Gasteiger partial charge in [0.2, 0.25) is 0 Å². The highest BCUT2D eigenvalue weighted by atomic mass is 32.2. The number of aromatic nitrogens is 2. The Morgan fingerprint density at radius 1 is 1.26 bits per heavy atom. The van der Waals surface area contributed by atoms with Crippen LogP contribution in [0.5, 0.6) is 0 Å². The van der Waals surface area contributed by atoms with Crippen LogP contribution in [0.15, 0.2) is 52.8 Å². The normalized spacial score (nSPS) is 12.3. The van der Waals surface area contributed by atoms with E-state index in [9.17, 15) is 0 Å². The van der Waals surface area contributed by atoms with Crippen molar-refractivity contribution in [3.63, 3.8) is 0 Å². The van der Waals surface area contributed by atoms with Crippen LogP contribution in [0.3, 0.4) is 0 Å². The summed E-state index contributed by atoms with van der Waals surface area (Å²) in [5.74, 6) is 0. The first kappa shape index (κ1) is 14.0. The quantitative estimate of drug-likeness (QED) is 0.871. The number of nitrogens with one attached hydrogen (secondary N) is 1. The Balaban J connectivity index is 2.16. The minimum Gasteiger partial charge on any atom is -0.310 e. The maximum Gasteiger partial charge on any atom is 0.119 e. The van der Waals surface area contributed by atoms with Gasteiger partial charge in [-0.3, -0.25) is 4.98 Å². The summed E-state index contributed by atoms with van der Waals surface area (Å²) < 4.78 is 0. The first-order chi connectivity index (χ1) is 9.31. The Kier molecular flexibility index (Phi) is 5.36. The largest absolute Gasteiger partial charge is 0.310 e. The fourth-order valence-corrected chi connectivity index (χ4v) is 2.81. The number of rotatable bonds is 6. The van der Waals surface area contributed by atoms with Gasteiger partial charge in [-0.25, -0.2) is 4.98 Å². The summed E-state index contributed by atoms with van der Waals surface area (Å²) in [6.07, 6.45) is 6.36. The Bertz CT molecular complexity index is 502. The fourth-order valence-electron chi connectivity index (χ4n) is 1.85. The van der Waals surface area contributed by atoms with Gasteiger partial charge in [-0.1, -0.05) is 36.9 Å². The SMILES string of the molecule is CCCNC(C)c1ccccc1Sc1cnccn1. The first-order valence-electron chi connectivity index (χ1n) is 6.57. The van der Waals surface area contributed by atoms with Gasteiger partial charge in [0.15, 0.2) is 0 Å². The van der Waals surface area contributed by atoms with Gasteiger partial charge in [0.05, 0.1) is 6.20 Å². The molecule has 0 bridgehead atoms. The molecular weight excluding hydrogens is 254 g/mol. The minimum atomic E-state index is 0.348. The summed E-state index contributed by atoms with van der Waals surface area (Å²) in [5, 5.41) is 4.45. The maximum atomic E-state index is 4.32. The second-order valence-electron chi connectivity index (χ2n) is 4.36. The fraction of sp³-hybridized carbons (Fsp3) is 0.333. The van der Waals surface area contributed by atoms with Gasteiger partial charge in [-0.05, 0) is 31.5 Å². The van der Waals surface area contributed by atoms with Crippen molar-refractivity contribution < 1.29 is 0 Å². The van der Waals surface area contributed by atoms with Crippen LogP contribution in [-0.4, -0.2) is 16.5 Å². The van der Waals surface area contributed by atoms with E-state index in [0.29, 0.717) is 6.04 Å². The number of hydrogen-bond acceptors (Lipinski definition) is 4. The number of benzene rings is 1. The van der Waals surface area contributed by atoms with Crippen LogP contribution in [-0.2, 0) is 0 Å². The van der Waals surface area contributed by atoms with E-state index in [2.05, 4.69) is 53.4 Å². The Morgan fingerprint density at radius 3 is 2.84 bits per heavy atom. The smallest absolute Gasteiger partial charge is 0.119 e. The highest BCUT2D eigenvalue weighted by Crippen LogP contribution is 2.31. The molecule has 0 aliphatic rings. The van der Waals surface area contributed by atoms with Crippen molar-refractivity contribution in [2.75, 3.05) is 6.54 Å². The third-order valence-corrected chi connectivity index (χ3v) is 3.85. The molecule has 1 N–H and O–H groups in total. The molecule has 0 radical (unpaired) electrons. The van der Waals surface area contributed by atoms with Crippen molar-refractivity contribution in [1.29, 1.82) is 0 Å². The van der Waals surface area contributed by atoms with Gasteiger partial charge in [0.1, 0.15) is 5.03 Å². The molecule has 3 nitrogen and oxygen atoms in total. The van der Waals surface area contributed by atoms with Gasteiger partial charge in [-0.2, -0.15) is 0 Å². The average molecular weight is 273 g/mol. The summed E-state index contributed by atoms with van der Waals surface area (Å²) in [6.45, 7) is 5.41. The van der Waals surface area contributed by atoms with Crippen LogP contribution in [0.4, 0.5) is 0 Å². The molecule has 100 valence electrons. The molecule has 1 heterocycles. The summed E-state index contributed by atoms with van der Waals surface area (Å²) in [6, 6.07) is 8.81. The molecule has 1 aromatic carbocycles. The minimum absolute atomic E-state index is 0.348. The molecule has 0 aliphatic carbocycles. The second-order valence-corrected chi connectivity index (χ2v) is 5.42. The van der Waals surface area contributed by atoms with Gasteiger partial charge >= 0.3 is 0 Å². The Morgan fingerprint density at radius 2 is 2.11 bits per heavy atom. The maximum absolute atomic E-state index is 4.32. The van der Waals surface area contributed by atoms with Crippen molar-refractivity contribution in [2.45, 2.75) is 36.2 Å². The van der Waals surface area contributed by atoms with Crippen LogP contribution in [0, 0.1) is 0 Å². The summed E-state index contributed by atoms with van der Waals surface area (Å²) >= 11 is 1.66. The lowest BCUT2D eigenvalue weighted by atomic mass is 10.1. The average Bonchev–Trinajstić information content (AvgIpc) is 2.46. The van der Waals surface area contributed by atoms with Crippen LogP contribution >= 0.6 is 11.8 Å². The molecular formula is C15H19N3S. The lowest BCUT2D eigenvalue weighted by Crippen LogP contribution is -2.19. The van der Waals surface area contributed by atoms with E-state index in [1.807, 2.05) is 0 Å². The molecule has 0 amide bonds. The van der Waals surface area contributed by atoms with E-state index in [4.69, 9.17) is 0 Å². The lowest BCUT2D eigenvalue weighted by Gasteiger charge is -2.17. The first-order valence-corrected chi connectivity index (χ1v) is 7.39. The van der Waals surface area contributed by atoms with E-state index in [1.54, 1.807) is 30.4 Å². The van der Waals surface area contributed by atoms with E-state index < -0.39 is 0 Å². The van der Waals surface area contributed by atoms with Crippen molar-refractivity contribution in [2.24, 2.45) is 0 Å². The molecule has 2 rings (SSSR count). The van der Waals surface area contributed by atoms with E-state index in [1.165, 1.54) is 10.5 Å². The highest BCUT2D eigenvalue weighted by molar-refractivity contribution is 7.99. The van der Waals surface area contributed by atoms with Gasteiger partial charge < -0.3 is 5.32 Å². The summed E-state index contributed by atoms with van der Waals surface area (Å²) in [7, 11) is 0. The van der Waals surface area contributed by atoms with Gasteiger partial charge in [0, 0.05) is 23.3 Å². The highest BCUT2D eigenvalue weighted by Gasteiger charge is 2.10. The molecule has 1 unspecified atom stereocenters. The predicted octanol–water partition coefficient (Wildman–Crippen LogP) is 3.69. The van der Waals surface area contributed by atoms with Crippen LogP contribution in [0.1, 0.15) is 31.9 Å². The van der Waals surface area contributed by atoms with Crippen LogP contribution < -0.4 is 5.32 Å². The third kappa shape index (κ3) is 4.04. The molecule has 2 aromatic rings. The zero-order valence-corrected chi connectivity index (χ0v) is 12.2. The zero-order chi connectivity index (χ0) is 13.5. The molecule has 4 heteroatoms. The summed E-state index contributed by atoms with van der Waals surface area (Å²) in [4.78, 5) is 9.66. The van der Waals surface area contributed by atoms with Gasteiger partial charge in [0.25, 0.3) is 0 Å². The molecule has 0 saturated carbocycles. The van der Waals surface area contributed by atoms with Crippen LogP contribution in [0.25, 0.3) is 0 Å². The predicted molar refractivity (Wildman–Crippen MR) is 79.3 cm³/mol. The molecule has 0 saturated heterocycles. The van der Waals surface area contributed by atoms with Crippen LogP contribution in [0.2, 0.25) is 0 Å². The molecule has 19 heavy (non-hydrogen) atoms. The van der Waals surface area contributed by atoms with Gasteiger partial charge in [-0.15, -0.1) is 0 Å². The van der Waals surface area contributed by atoms with Crippen molar-refractivity contribution in [3.05, 3.63) is 48.4 Å². The second kappa shape index (κ2) is 7.26. The Hall–Kier alpha value is -1.39. The van der Waals surface area contributed by atoms with Crippen molar-refractivity contribution in [1.82, 2.24) is 15.3 Å². The number of hydrogen-bond donors (Lipinski definition) is 1. The lowest BCUT2D eigenvalue weighted by molar-refractivity contribution is 0.564. The Labute approximate surface area is 118 Å². The topological polar surface area (TPSA) is 37.8 Å². The molecule has 1 aromatic heterocycles. The van der Waals surface area contributed by atoms with Crippen molar-refractivity contribution >= 4 is 11.8 Å². The van der Waals surface area contributed by atoms with E-state index >= 15 is 0 Å². The van der Waals surface area contributed by atoms with E-state index in [0.717, 1.165) is 18.0 Å². The standard InChI is InChI=1S/C15H19N3S/c1-3-8-17-12(2)13-6-4-5-7-14(13)19-15-11-16-9-10-18-15/h4-7,9-12,17H,3,8H2,1-2H3. The molecule has 0 fully saturated rings. The monoisotopic (exact) mass is 273 g/mol. The van der Waals surface area contributed by atoms with E-state index in [-0.39, 0.29) is 0 Å². The molecule has 0 aliphatic heterocycles. The summed E-state index contributed by atoms with van der Waals surface area (Å²) in [5.41, 5.74) is 1.31. The zero-order valence-electron chi connectivity index (χ0n) is 11.3. The third-order valence-electron chi connectivity index (χ3n) is 2.84.